The summed E-state index contributed by atoms with van der Waals surface area (Å²) >= 11 is 0. The molecule has 0 aliphatic carbocycles. The lowest BCUT2D eigenvalue weighted by molar-refractivity contribution is -0.124. The van der Waals surface area contributed by atoms with E-state index >= 15 is 0 Å². The lowest BCUT2D eigenvalue weighted by Crippen LogP contribution is -2.38. The zero-order valence-corrected chi connectivity index (χ0v) is 11.8. The Kier molecular flexibility index (Phi) is 6.97. The summed E-state index contributed by atoms with van der Waals surface area (Å²) < 4.78 is 23.7. The minimum Gasteiger partial charge on any atom is -0.481 e. The van der Waals surface area contributed by atoms with E-state index in [2.05, 4.69) is 5.32 Å². The van der Waals surface area contributed by atoms with Crippen molar-refractivity contribution >= 4 is 5.91 Å². The van der Waals surface area contributed by atoms with Crippen LogP contribution in [0, 0.1) is 5.82 Å². The van der Waals surface area contributed by atoms with E-state index < -0.39 is 5.82 Å². The molecule has 0 spiro atoms. The molecule has 3 N–H and O–H groups in total. The first-order valence-corrected chi connectivity index (χ1v) is 6.46. The van der Waals surface area contributed by atoms with Gasteiger partial charge in [0.15, 0.2) is 18.2 Å². The average molecular weight is 284 g/mol. The van der Waals surface area contributed by atoms with Crippen molar-refractivity contribution in [2.75, 3.05) is 26.9 Å². The Labute approximate surface area is 118 Å². The Bertz CT molecular complexity index is 440. The largest absolute Gasteiger partial charge is 0.481 e. The Morgan fingerprint density at radius 3 is 2.85 bits per heavy atom. The van der Waals surface area contributed by atoms with Crippen LogP contribution >= 0.6 is 0 Å². The maximum Gasteiger partial charge on any atom is 0.258 e. The molecule has 1 rings (SSSR count). The van der Waals surface area contributed by atoms with E-state index in [1.54, 1.807) is 13.2 Å². The molecule has 1 unspecified atom stereocenters. The summed E-state index contributed by atoms with van der Waals surface area (Å²) in [6, 6.07) is 4.49. The van der Waals surface area contributed by atoms with Gasteiger partial charge in [-0.2, -0.15) is 0 Å². The number of methoxy groups -OCH3 is 1. The van der Waals surface area contributed by atoms with E-state index in [4.69, 9.17) is 15.2 Å². The summed E-state index contributed by atoms with van der Waals surface area (Å²) in [5.74, 6) is -0.756. The lowest BCUT2D eigenvalue weighted by Gasteiger charge is -2.13. The minimum atomic E-state index is -0.492. The van der Waals surface area contributed by atoms with E-state index in [9.17, 15) is 9.18 Å². The maximum absolute atomic E-state index is 13.7. The summed E-state index contributed by atoms with van der Waals surface area (Å²) in [4.78, 5) is 11.6. The fourth-order valence-corrected chi connectivity index (χ4v) is 1.74. The number of hydrogen-bond acceptors (Lipinski definition) is 4. The van der Waals surface area contributed by atoms with Gasteiger partial charge in [-0.1, -0.05) is 6.07 Å². The molecule has 5 nitrogen and oxygen atoms in total. The highest BCUT2D eigenvalue weighted by Gasteiger charge is 2.10. The highest BCUT2D eigenvalue weighted by Crippen LogP contribution is 2.18. The molecule has 0 saturated heterocycles. The van der Waals surface area contributed by atoms with Crippen molar-refractivity contribution in [2.24, 2.45) is 5.73 Å². The van der Waals surface area contributed by atoms with Crippen molar-refractivity contribution < 1.29 is 18.7 Å². The summed E-state index contributed by atoms with van der Waals surface area (Å²) in [7, 11) is 1.55. The van der Waals surface area contributed by atoms with Crippen molar-refractivity contribution in [1.29, 1.82) is 0 Å². The molecule has 1 aromatic rings. The van der Waals surface area contributed by atoms with Crippen molar-refractivity contribution in [3.05, 3.63) is 29.6 Å². The Balaban J connectivity index is 2.47. The first kappa shape index (κ1) is 16.4. The number of nitrogens with two attached hydrogens (primary N) is 1. The monoisotopic (exact) mass is 284 g/mol. The number of hydrogen-bond donors (Lipinski definition) is 2. The maximum atomic E-state index is 13.7. The molecule has 0 fully saturated rings. The second-order valence-electron chi connectivity index (χ2n) is 4.52. The standard InChI is InChI=1S/C14H21FN2O3/c1-10(8-19-2)17-14(18)9-20-13-4-3-11(5-6-16)7-12(13)15/h3-4,7,10H,5-6,8-9,16H2,1-2H3,(H,17,18). The Morgan fingerprint density at radius 1 is 1.50 bits per heavy atom. The van der Waals surface area contributed by atoms with Crippen LogP contribution in [-0.2, 0) is 16.0 Å². The number of ether oxygens (including phenoxy) is 2. The van der Waals surface area contributed by atoms with Crippen LogP contribution in [0.5, 0.6) is 5.75 Å². The van der Waals surface area contributed by atoms with Crippen molar-refractivity contribution in [3.63, 3.8) is 0 Å². The van der Waals surface area contributed by atoms with Gasteiger partial charge in [0.25, 0.3) is 5.91 Å². The number of benzene rings is 1. The van der Waals surface area contributed by atoms with E-state index in [0.29, 0.717) is 19.6 Å². The first-order chi connectivity index (χ1) is 9.56. The average Bonchev–Trinajstić information content (AvgIpc) is 2.38. The molecule has 0 aromatic heterocycles. The normalized spacial score (nSPS) is 12.0. The Morgan fingerprint density at radius 2 is 2.25 bits per heavy atom. The van der Waals surface area contributed by atoms with Gasteiger partial charge in [0.2, 0.25) is 0 Å². The smallest absolute Gasteiger partial charge is 0.258 e. The molecule has 0 heterocycles. The van der Waals surface area contributed by atoms with Crippen LogP contribution in [-0.4, -0.2) is 38.8 Å². The van der Waals surface area contributed by atoms with Crippen LogP contribution in [0.3, 0.4) is 0 Å². The van der Waals surface area contributed by atoms with E-state index in [1.165, 1.54) is 12.1 Å². The van der Waals surface area contributed by atoms with Crippen LogP contribution in [0.4, 0.5) is 4.39 Å². The number of carbonyl (C=O) groups is 1. The van der Waals surface area contributed by atoms with Gasteiger partial charge in [-0.3, -0.25) is 4.79 Å². The van der Waals surface area contributed by atoms with E-state index in [0.717, 1.165) is 5.56 Å². The highest BCUT2D eigenvalue weighted by atomic mass is 19.1. The van der Waals surface area contributed by atoms with Crippen LogP contribution in [0.25, 0.3) is 0 Å². The fourth-order valence-electron chi connectivity index (χ4n) is 1.74. The first-order valence-electron chi connectivity index (χ1n) is 6.46. The third kappa shape index (κ3) is 5.54. The van der Waals surface area contributed by atoms with Crippen LogP contribution in [0.1, 0.15) is 12.5 Å². The zero-order chi connectivity index (χ0) is 15.0. The minimum absolute atomic E-state index is 0.0558. The molecule has 112 valence electrons. The number of carbonyl (C=O) groups excluding carboxylic acids is 1. The molecule has 0 radical (unpaired) electrons. The van der Waals surface area contributed by atoms with E-state index in [1.807, 2.05) is 6.92 Å². The van der Waals surface area contributed by atoms with Crippen molar-refractivity contribution in [1.82, 2.24) is 5.32 Å². The number of rotatable bonds is 8. The zero-order valence-electron chi connectivity index (χ0n) is 11.8. The summed E-state index contributed by atoms with van der Waals surface area (Å²) in [6.45, 7) is 2.44. The second kappa shape index (κ2) is 8.50. The van der Waals surface area contributed by atoms with E-state index in [-0.39, 0.29) is 24.3 Å². The highest BCUT2D eigenvalue weighted by molar-refractivity contribution is 5.77. The quantitative estimate of drug-likeness (QED) is 0.742. The third-order valence-corrected chi connectivity index (χ3v) is 2.61. The van der Waals surface area contributed by atoms with Gasteiger partial charge in [-0.05, 0) is 37.6 Å². The molecule has 0 bridgehead atoms. The fraction of sp³-hybridized carbons (Fsp3) is 0.500. The number of halogens is 1. The molecule has 1 atom stereocenters. The van der Waals surface area contributed by atoms with Crippen LogP contribution < -0.4 is 15.8 Å². The summed E-state index contributed by atoms with van der Waals surface area (Å²) in [5.41, 5.74) is 6.20. The van der Waals surface area contributed by atoms with Crippen molar-refractivity contribution in [3.8, 4) is 5.75 Å². The number of nitrogens with one attached hydrogen (secondary N) is 1. The van der Waals surface area contributed by atoms with Gasteiger partial charge in [-0.15, -0.1) is 0 Å². The van der Waals surface area contributed by atoms with Gasteiger partial charge >= 0.3 is 0 Å². The molecule has 0 aliphatic rings. The van der Waals surface area contributed by atoms with Gasteiger partial charge in [0.05, 0.1) is 6.61 Å². The van der Waals surface area contributed by atoms with Crippen molar-refractivity contribution in [2.45, 2.75) is 19.4 Å². The van der Waals surface area contributed by atoms with Gasteiger partial charge < -0.3 is 20.5 Å². The molecule has 20 heavy (non-hydrogen) atoms. The SMILES string of the molecule is COCC(C)NC(=O)COc1ccc(CCN)cc1F. The predicted molar refractivity (Wildman–Crippen MR) is 74.1 cm³/mol. The molecule has 0 saturated carbocycles. The van der Waals surface area contributed by atoms with Gasteiger partial charge in [-0.25, -0.2) is 4.39 Å². The number of amides is 1. The Hall–Kier alpha value is -1.66. The molecule has 1 aromatic carbocycles. The summed E-state index contributed by atoms with van der Waals surface area (Å²) in [5, 5.41) is 2.67. The summed E-state index contributed by atoms with van der Waals surface area (Å²) in [6.07, 6.45) is 0.603. The molecule has 1 amide bonds. The molecule has 0 aliphatic heterocycles. The van der Waals surface area contributed by atoms with Gasteiger partial charge in [0.1, 0.15) is 0 Å². The molecular formula is C14H21FN2O3. The molecular weight excluding hydrogens is 263 g/mol. The van der Waals surface area contributed by atoms with Crippen LogP contribution in [0.2, 0.25) is 0 Å². The predicted octanol–water partition coefficient (Wildman–Crippen LogP) is 0.857. The van der Waals surface area contributed by atoms with Gasteiger partial charge in [0, 0.05) is 13.2 Å². The lowest BCUT2D eigenvalue weighted by atomic mass is 10.1. The topological polar surface area (TPSA) is 73.6 Å². The molecule has 6 heteroatoms. The third-order valence-electron chi connectivity index (χ3n) is 2.61. The second-order valence-corrected chi connectivity index (χ2v) is 4.52. The van der Waals surface area contributed by atoms with Crippen LogP contribution in [0.15, 0.2) is 18.2 Å².